The molecular weight excluding hydrogens is 398 g/mol. The van der Waals surface area contributed by atoms with Crippen LogP contribution in [0.25, 0.3) is 11.1 Å². The van der Waals surface area contributed by atoms with Crippen LogP contribution in [-0.4, -0.2) is 42.0 Å². The van der Waals surface area contributed by atoms with E-state index < -0.39 is 0 Å². The summed E-state index contributed by atoms with van der Waals surface area (Å²) in [6, 6.07) is 22.1. The van der Waals surface area contributed by atoms with Gasteiger partial charge in [-0.05, 0) is 23.3 Å². The molecule has 2 heterocycles. The van der Waals surface area contributed by atoms with Gasteiger partial charge in [-0.25, -0.2) is 0 Å². The number of piperazine rings is 1. The van der Waals surface area contributed by atoms with Crippen LogP contribution >= 0.6 is 12.4 Å². The van der Waals surface area contributed by atoms with E-state index in [4.69, 9.17) is 4.74 Å². The highest BCUT2D eigenvalue weighted by Gasteiger charge is 2.27. The molecule has 1 aliphatic heterocycles. The number of nitrogens with one attached hydrogen (secondary N) is 1. The van der Waals surface area contributed by atoms with Crippen molar-refractivity contribution in [3.63, 3.8) is 0 Å². The van der Waals surface area contributed by atoms with Crippen molar-refractivity contribution in [1.29, 1.82) is 0 Å². The number of hydrogen-bond donors (Lipinski definition) is 1. The molecule has 0 aliphatic carbocycles. The number of nitrogens with zero attached hydrogens (tertiary/aromatic N) is 2. The van der Waals surface area contributed by atoms with Crippen molar-refractivity contribution in [2.45, 2.75) is 12.5 Å². The van der Waals surface area contributed by atoms with Gasteiger partial charge in [-0.3, -0.25) is 9.78 Å². The number of hydrogen-bond acceptors (Lipinski definition) is 4. The second-order valence-corrected chi connectivity index (χ2v) is 7.05. The molecule has 156 valence electrons. The van der Waals surface area contributed by atoms with Crippen molar-refractivity contribution in [3.05, 3.63) is 84.7 Å². The normalized spacial score (nSPS) is 15.9. The van der Waals surface area contributed by atoms with Crippen molar-refractivity contribution >= 4 is 18.3 Å². The van der Waals surface area contributed by atoms with E-state index in [-0.39, 0.29) is 24.4 Å². The van der Waals surface area contributed by atoms with E-state index in [0.717, 1.165) is 35.5 Å². The lowest BCUT2D eigenvalue weighted by molar-refractivity contribution is -0.135. The standard InChI is InChI=1S/C24H25N3O2.ClH/c28-24(27-15-14-26-18-22(27)20-9-6-13-25-17-20)12-16-29-23-11-5-4-10-21(23)19-7-2-1-3-8-19;/h1-11,13,17,22,26H,12,14-16,18H2;1H. The molecule has 1 amide bonds. The highest BCUT2D eigenvalue weighted by Crippen LogP contribution is 2.29. The molecule has 1 N–H and O–H groups in total. The Balaban J connectivity index is 0.00000256. The number of amides is 1. The third-order valence-corrected chi connectivity index (χ3v) is 5.18. The Bertz CT molecular complexity index is 937. The highest BCUT2D eigenvalue weighted by atomic mass is 35.5. The lowest BCUT2D eigenvalue weighted by Gasteiger charge is -2.36. The van der Waals surface area contributed by atoms with Gasteiger partial charge in [-0.1, -0.05) is 54.6 Å². The van der Waals surface area contributed by atoms with Crippen molar-refractivity contribution in [3.8, 4) is 16.9 Å². The van der Waals surface area contributed by atoms with Gasteiger partial charge >= 0.3 is 0 Å². The second kappa shape index (κ2) is 10.8. The summed E-state index contributed by atoms with van der Waals surface area (Å²) >= 11 is 0. The molecule has 3 aromatic rings. The van der Waals surface area contributed by atoms with E-state index in [9.17, 15) is 4.79 Å². The lowest BCUT2D eigenvalue weighted by atomic mass is 10.0. The quantitative estimate of drug-likeness (QED) is 0.648. The van der Waals surface area contributed by atoms with Crippen molar-refractivity contribution in [1.82, 2.24) is 15.2 Å². The molecule has 5 nitrogen and oxygen atoms in total. The molecule has 0 spiro atoms. The topological polar surface area (TPSA) is 54.5 Å². The number of rotatable bonds is 6. The Kier molecular flexibility index (Phi) is 7.82. The Hall–Kier alpha value is -2.89. The number of aromatic nitrogens is 1. The number of carbonyl (C=O) groups excluding carboxylic acids is 1. The number of carbonyl (C=O) groups is 1. The first kappa shape index (κ1) is 21.8. The summed E-state index contributed by atoms with van der Waals surface area (Å²) in [6.07, 6.45) is 3.94. The Morgan fingerprint density at radius 3 is 2.67 bits per heavy atom. The molecule has 1 unspecified atom stereocenters. The summed E-state index contributed by atoms with van der Waals surface area (Å²) in [7, 11) is 0. The molecule has 1 fully saturated rings. The fourth-order valence-corrected chi connectivity index (χ4v) is 3.71. The van der Waals surface area contributed by atoms with Crippen LogP contribution in [0.1, 0.15) is 18.0 Å². The highest BCUT2D eigenvalue weighted by molar-refractivity contribution is 5.85. The largest absolute Gasteiger partial charge is 0.492 e. The first-order valence-corrected chi connectivity index (χ1v) is 10.0. The van der Waals surface area contributed by atoms with E-state index in [0.29, 0.717) is 19.6 Å². The van der Waals surface area contributed by atoms with Crippen LogP contribution in [-0.2, 0) is 4.79 Å². The summed E-state index contributed by atoms with van der Waals surface area (Å²) in [4.78, 5) is 19.1. The number of pyridine rings is 1. The van der Waals surface area contributed by atoms with Gasteiger partial charge in [0, 0.05) is 37.6 Å². The van der Waals surface area contributed by atoms with E-state index in [1.165, 1.54) is 0 Å². The average Bonchev–Trinajstić information content (AvgIpc) is 2.80. The van der Waals surface area contributed by atoms with Gasteiger partial charge in [0.1, 0.15) is 5.75 Å². The van der Waals surface area contributed by atoms with Crippen molar-refractivity contribution < 1.29 is 9.53 Å². The third kappa shape index (κ3) is 5.17. The Morgan fingerprint density at radius 1 is 1.07 bits per heavy atom. The maximum Gasteiger partial charge on any atom is 0.226 e. The SMILES string of the molecule is Cl.O=C(CCOc1ccccc1-c1ccccc1)N1CCNCC1c1cccnc1. The molecule has 1 saturated heterocycles. The summed E-state index contributed by atoms with van der Waals surface area (Å²) in [5.41, 5.74) is 3.20. The molecule has 6 heteroatoms. The van der Waals surface area contributed by atoms with Crippen LogP contribution in [0.5, 0.6) is 5.75 Å². The molecule has 0 saturated carbocycles. The first-order chi connectivity index (χ1) is 14.3. The maximum absolute atomic E-state index is 12.9. The van der Waals surface area contributed by atoms with Gasteiger partial charge in [0.05, 0.1) is 19.1 Å². The van der Waals surface area contributed by atoms with Crippen LogP contribution < -0.4 is 10.1 Å². The van der Waals surface area contributed by atoms with Crippen molar-refractivity contribution in [2.75, 3.05) is 26.2 Å². The molecule has 30 heavy (non-hydrogen) atoms. The molecule has 4 rings (SSSR count). The minimum Gasteiger partial charge on any atom is -0.492 e. The third-order valence-electron chi connectivity index (χ3n) is 5.18. The molecule has 0 bridgehead atoms. The Labute approximate surface area is 183 Å². The van der Waals surface area contributed by atoms with Crippen molar-refractivity contribution in [2.24, 2.45) is 0 Å². The Morgan fingerprint density at radius 2 is 1.87 bits per heavy atom. The fraction of sp³-hybridized carbons (Fsp3) is 0.250. The summed E-state index contributed by atoms with van der Waals surface area (Å²) < 4.78 is 6.02. The zero-order chi connectivity index (χ0) is 19.9. The molecule has 2 aromatic carbocycles. The van der Waals surface area contributed by atoms with Gasteiger partial charge in [-0.2, -0.15) is 0 Å². The fourth-order valence-electron chi connectivity index (χ4n) is 3.71. The van der Waals surface area contributed by atoms with Gasteiger partial charge in [0.2, 0.25) is 5.91 Å². The smallest absolute Gasteiger partial charge is 0.226 e. The van der Waals surface area contributed by atoms with Crippen LogP contribution in [0.2, 0.25) is 0 Å². The zero-order valence-corrected chi connectivity index (χ0v) is 17.6. The number of halogens is 1. The first-order valence-electron chi connectivity index (χ1n) is 10.0. The van der Waals surface area contributed by atoms with Crippen LogP contribution in [0.4, 0.5) is 0 Å². The average molecular weight is 424 g/mol. The molecule has 1 aromatic heterocycles. The monoisotopic (exact) mass is 423 g/mol. The minimum absolute atomic E-state index is 0. The molecule has 1 aliphatic rings. The van der Waals surface area contributed by atoms with Gasteiger partial charge in [-0.15, -0.1) is 12.4 Å². The van der Waals surface area contributed by atoms with Crippen LogP contribution in [0.3, 0.4) is 0 Å². The van der Waals surface area contributed by atoms with E-state index in [1.54, 1.807) is 6.20 Å². The number of benzene rings is 2. The zero-order valence-electron chi connectivity index (χ0n) is 16.7. The van der Waals surface area contributed by atoms with Gasteiger partial charge < -0.3 is 15.0 Å². The predicted molar refractivity (Wildman–Crippen MR) is 121 cm³/mol. The summed E-state index contributed by atoms with van der Waals surface area (Å²) in [5, 5.41) is 3.37. The summed E-state index contributed by atoms with van der Waals surface area (Å²) in [6.45, 7) is 2.60. The number of ether oxygens (including phenoxy) is 1. The second-order valence-electron chi connectivity index (χ2n) is 7.05. The molecule has 1 atom stereocenters. The maximum atomic E-state index is 12.9. The molecular formula is C24H26ClN3O2. The number of para-hydroxylation sites is 1. The van der Waals surface area contributed by atoms with Gasteiger partial charge in [0.15, 0.2) is 0 Å². The summed E-state index contributed by atoms with van der Waals surface area (Å²) in [5.74, 6) is 0.910. The van der Waals surface area contributed by atoms with E-state index in [2.05, 4.69) is 22.4 Å². The minimum atomic E-state index is 0. The van der Waals surface area contributed by atoms with E-state index in [1.807, 2.05) is 65.7 Å². The predicted octanol–water partition coefficient (Wildman–Crippen LogP) is 4.11. The molecule has 0 radical (unpaired) electrons. The van der Waals surface area contributed by atoms with Crippen LogP contribution in [0.15, 0.2) is 79.1 Å². The van der Waals surface area contributed by atoms with Gasteiger partial charge in [0.25, 0.3) is 0 Å². The van der Waals surface area contributed by atoms with E-state index >= 15 is 0 Å². The van der Waals surface area contributed by atoms with Crippen LogP contribution in [0, 0.1) is 0 Å². The lowest BCUT2D eigenvalue weighted by Crippen LogP contribution is -2.49.